The van der Waals surface area contributed by atoms with E-state index in [0.717, 1.165) is 12.8 Å². The van der Waals surface area contributed by atoms with E-state index in [1.165, 1.54) is 6.07 Å². The highest BCUT2D eigenvalue weighted by molar-refractivity contribution is 5.96. The summed E-state index contributed by atoms with van der Waals surface area (Å²) < 4.78 is 0. The Bertz CT molecular complexity index is 405. The highest BCUT2D eigenvalue weighted by atomic mass is 16.1. The fourth-order valence-corrected chi connectivity index (χ4v) is 1.16. The monoisotopic (exact) mass is 192 g/mol. The number of hydrazine groups is 1. The molecule has 0 bridgehead atoms. The second-order valence-corrected chi connectivity index (χ2v) is 3.28. The van der Waals surface area contributed by atoms with E-state index in [0.29, 0.717) is 17.6 Å². The third-order valence-electron chi connectivity index (χ3n) is 2.02. The molecule has 0 aliphatic heterocycles. The number of aliphatic imine (C=N–C) groups is 1. The minimum absolute atomic E-state index is 0.152. The number of hydrogen-bond acceptors (Lipinski definition) is 3. The number of aromatic amines is 1. The third-order valence-corrected chi connectivity index (χ3v) is 2.02. The maximum atomic E-state index is 11.0. The van der Waals surface area contributed by atoms with Crippen LogP contribution in [0.15, 0.2) is 28.0 Å². The van der Waals surface area contributed by atoms with Gasteiger partial charge in [-0.15, -0.1) is 0 Å². The predicted octanol–water partition coefficient (Wildman–Crippen LogP) is -0.253. The molecule has 1 aliphatic rings. The van der Waals surface area contributed by atoms with E-state index in [1.807, 2.05) is 0 Å². The SMILES string of the molecule is NNC(=NC1CC1)c1cccc(=O)[nH]1. The number of rotatable bonds is 2. The van der Waals surface area contributed by atoms with Crippen LogP contribution in [0, 0.1) is 0 Å². The van der Waals surface area contributed by atoms with E-state index in [-0.39, 0.29) is 5.56 Å². The van der Waals surface area contributed by atoms with Crippen LogP contribution in [-0.4, -0.2) is 16.9 Å². The molecule has 1 aliphatic carbocycles. The number of nitrogens with zero attached hydrogens (tertiary/aromatic N) is 1. The van der Waals surface area contributed by atoms with Gasteiger partial charge in [0.15, 0.2) is 5.84 Å². The first-order valence-electron chi connectivity index (χ1n) is 4.54. The van der Waals surface area contributed by atoms with Crippen molar-refractivity contribution in [3.8, 4) is 0 Å². The summed E-state index contributed by atoms with van der Waals surface area (Å²) in [7, 11) is 0. The van der Waals surface area contributed by atoms with Crippen molar-refractivity contribution in [2.75, 3.05) is 0 Å². The Morgan fingerprint density at radius 3 is 2.93 bits per heavy atom. The van der Waals surface area contributed by atoms with Crippen LogP contribution in [0.2, 0.25) is 0 Å². The quantitative estimate of drug-likeness (QED) is 0.261. The van der Waals surface area contributed by atoms with E-state index in [2.05, 4.69) is 15.4 Å². The summed E-state index contributed by atoms with van der Waals surface area (Å²) in [5.74, 6) is 5.87. The van der Waals surface area contributed by atoms with Crippen molar-refractivity contribution >= 4 is 5.84 Å². The zero-order chi connectivity index (χ0) is 9.97. The van der Waals surface area contributed by atoms with Crippen molar-refractivity contribution in [2.45, 2.75) is 18.9 Å². The number of nitrogens with one attached hydrogen (secondary N) is 2. The van der Waals surface area contributed by atoms with Gasteiger partial charge in [0, 0.05) is 6.07 Å². The summed E-state index contributed by atoms with van der Waals surface area (Å²) in [4.78, 5) is 18.0. The van der Waals surface area contributed by atoms with Crippen molar-refractivity contribution in [1.29, 1.82) is 0 Å². The largest absolute Gasteiger partial charge is 0.319 e. The number of pyridine rings is 1. The molecule has 2 rings (SSSR count). The Morgan fingerprint density at radius 1 is 1.57 bits per heavy atom. The van der Waals surface area contributed by atoms with Crippen LogP contribution in [0.3, 0.4) is 0 Å². The van der Waals surface area contributed by atoms with E-state index < -0.39 is 0 Å². The maximum Gasteiger partial charge on any atom is 0.248 e. The van der Waals surface area contributed by atoms with Crippen molar-refractivity contribution in [2.24, 2.45) is 10.8 Å². The minimum atomic E-state index is -0.152. The predicted molar refractivity (Wildman–Crippen MR) is 53.9 cm³/mol. The molecule has 0 aromatic carbocycles. The van der Waals surface area contributed by atoms with Gasteiger partial charge in [0.2, 0.25) is 5.56 Å². The molecule has 0 amide bonds. The lowest BCUT2D eigenvalue weighted by atomic mass is 10.3. The van der Waals surface area contributed by atoms with Gasteiger partial charge in [-0.25, -0.2) is 5.84 Å². The van der Waals surface area contributed by atoms with Gasteiger partial charge in [-0.05, 0) is 18.9 Å². The number of H-pyrrole nitrogens is 1. The highest BCUT2D eigenvalue weighted by Crippen LogP contribution is 2.23. The molecule has 1 heterocycles. The third kappa shape index (κ3) is 2.00. The van der Waals surface area contributed by atoms with Crippen LogP contribution in [0.1, 0.15) is 18.5 Å². The van der Waals surface area contributed by atoms with Gasteiger partial charge in [0.05, 0.1) is 11.7 Å². The van der Waals surface area contributed by atoms with Crippen molar-refractivity contribution < 1.29 is 0 Å². The molecule has 4 N–H and O–H groups in total. The van der Waals surface area contributed by atoms with Crippen LogP contribution >= 0.6 is 0 Å². The molecular weight excluding hydrogens is 180 g/mol. The Morgan fingerprint density at radius 2 is 2.36 bits per heavy atom. The van der Waals surface area contributed by atoms with Gasteiger partial charge in [-0.1, -0.05) is 6.07 Å². The van der Waals surface area contributed by atoms with Crippen molar-refractivity contribution in [3.05, 3.63) is 34.2 Å². The zero-order valence-electron chi connectivity index (χ0n) is 7.66. The van der Waals surface area contributed by atoms with E-state index >= 15 is 0 Å². The molecule has 1 saturated carbocycles. The first-order valence-corrected chi connectivity index (χ1v) is 4.54. The lowest BCUT2D eigenvalue weighted by Crippen LogP contribution is -2.33. The van der Waals surface area contributed by atoms with E-state index in [4.69, 9.17) is 5.84 Å². The molecule has 1 aromatic heterocycles. The van der Waals surface area contributed by atoms with Gasteiger partial charge in [-0.3, -0.25) is 9.79 Å². The van der Waals surface area contributed by atoms with Gasteiger partial charge < -0.3 is 10.4 Å². The van der Waals surface area contributed by atoms with Crippen LogP contribution in [0.5, 0.6) is 0 Å². The fourth-order valence-electron chi connectivity index (χ4n) is 1.16. The maximum absolute atomic E-state index is 11.0. The molecule has 5 nitrogen and oxygen atoms in total. The number of aromatic nitrogens is 1. The van der Waals surface area contributed by atoms with E-state index in [9.17, 15) is 4.79 Å². The van der Waals surface area contributed by atoms with Crippen LogP contribution < -0.4 is 16.8 Å². The number of hydrogen-bond donors (Lipinski definition) is 3. The van der Waals surface area contributed by atoms with Gasteiger partial charge in [0.1, 0.15) is 0 Å². The molecule has 0 saturated heterocycles. The molecule has 5 heteroatoms. The Hall–Kier alpha value is -1.62. The molecule has 0 unspecified atom stereocenters. The summed E-state index contributed by atoms with van der Waals surface area (Å²) in [5.41, 5.74) is 2.98. The topological polar surface area (TPSA) is 83.3 Å². The smallest absolute Gasteiger partial charge is 0.248 e. The fraction of sp³-hybridized carbons (Fsp3) is 0.333. The average molecular weight is 192 g/mol. The van der Waals surface area contributed by atoms with E-state index in [1.54, 1.807) is 12.1 Å². The molecule has 0 atom stereocenters. The molecule has 1 fully saturated rings. The Kier molecular flexibility index (Phi) is 2.32. The Balaban J connectivity index is 2.30. The van der Waals surface area contributed by atoms with Crippen LogP contribution in [0.4, 0.5) is 0 Å². The second-order valence-electron chi connectivity index (χ2n) is 3.28. The summed E-state index contributed by atoms with van der Waals surface area (Å²) >= 11 is 0. The molecule has 0 spiro atoms. The zero-order valence-corrected chi connectivity index (χ0v) is 7.66. The normalized spacial score (nSPS) is 16.8. The summed E-state index contributed by atoms with van der Waals surface area (Å²) in [6.45, 7) is 0. The van der Waals surface area contributed by atoms with Gasteiger partial charge in [0.25, 0.3) is 0 Å². The minimum Gasteiger partial charge on any atom is -0.319 e. The van der Waals surface area contributed by atoms with Gasteiger partial charge in [-0.2, -0.15) is 0 Å². The standard InChI is InChI=1S/C9H12N4O/c10-13-9(11-6-4-5-6)7-2-1-3-8(14)12-7/h1-3,6H,4-5,10H2,(H,11,13)(H,12,14). The van der Waals surface area contributed by atoms with Gasteiger partial charge >= 0.3 is 0 Å². The lowest BCUT2D eigenvalue weighted by molar-refractivity contribution is 0.959. The lowest BCUT2D eigenvalue weighted by Gasteiger charge is -2.04. The second kappa shape index (κ2) is 3.63. The highest BCUT2D eigenvalue weighted by Gasteiger charge is 2.21. The first kappa shape index (κ1) is 8.96. The average Bonchev–Trinajstić information content (AvgIpc) is 2.98. The number of nitrogens with two attached hydrogens (primary N) is 1. The Labute approximate surface area is 81.0 Å². The molecule has 1 aromatic rings. The van der Waals surface area contributed by atoms with Crippen LogP contribution in [0.25, 0.3) is 0 Å². The molecule has 74 valence electrons. The first-order chi connectivity index (χ1) is 6.79. The molecular formula is C9H12N4O. The van der Waals surface area contributed by atoms with Crippen molar-refractivity contribution in [1.82, 2.24) is 10.4 Å². The summed E-state index contributed by atoms with van der Waals surface area (Å²) in [5, 5.41) is 0. The molecule has 14 heavy (non-hydrogen) atoms. The van der Waals surface area contributed by atoms with Crippen LogP contribution in [-0.2, 0) is 0 Å². The number of amidine groups is 1. The summed E-state index contributed by atoms with van der Waals surface area (Å²) in [6, 6.07) is 5.26. The molecule has 0 radical (unpaired) electrons. The van der Waals surface area contributed by atoms with Crippen molar-refractivity contribution in [3.63, 3.8) is 0 Å². The summed E-state index contributed by atoms with van der Waals surface area (Å²) in [6.07, 6.45) is 2.20.